The van der Waals surface area contributed by atoms with Crippen molar-refractivity contribution in [2.24, 2.45) is 0 Å². The van der Waals surface area contributed by atoms with Crippen LogP contribution in [0.4, 0.5) is 5.69 Å². The van der Waals surface area contributed by atoms with Gasteiger partial charge in [0.05, 0.1) is 6.61 Å². The van der Waals surface area contributed by atoms with Crippen molar-refractivity contribution in [2.75, 3.05) is 26.1 Å². The molecule has 1 aromatic heterocycles. The van der Waals surface area contributed by atoms with E-state index in [-0.39, 0.29) is 29.4 Å². The number of H-pyrrole nitrogens is 2. The Morgan fingerprint density at radius 3 is 2.16 bits per heavy atom. The fraction of sp³-hybridized carbons (Fsp3) is 0.429. The minimum absolute atomic E-state index is 0.0160. The number of hydrogen-bond acceptors (Lipinski definition) is 7. The number of amides is 2. The number of aromatic nitrogens is 2. The van der Waals surface area contributed by atoms with E-state index in [4.69, 9.17) is 15.2 Å². The topological polar surface area (TPSA) is 168 Å². The number of carbonyl (C=O) groups is 2. The summed E-state index contributed by atoms with van der Waals surface area (Å²) in [4.78, 5) is 52.1. The fourth-order valence-electron chi connectivity index (χ4n) is 3.53. The van der Waals surface area contributed by atoms with Crippen molar-refractivity contribution >= 4 is 17.5 Å². The molecule has 0 unspecified atom stereocenters. The van der Waals surface area contributed by atoms with Gasteiger partial charge in [-0.05, 0) is 49.9 Å². The highest BCUT2D eigenvalue weighted by molar-refractivity contribution is 5.97. The minimum Gasteiger partial charge on any atom is -0.491 e. The summed E-state index contributed by atoms with van der Waals surface area (Å²) in [5.41, 5.74) is 3.95. The maximum Gasteiger partial charge on any atom is 0.326 e. The van der Waals surface area contributed by atoms with Gasteiger partial charge in [-0.2, -0.15) is 0 Å². The average Bonchev–Trinajstić information content (AvgIpc) is 2.78. The molecule has 0 spiro atoms. The summed E-state index contributed by atoms with van der Waals surface area (Å²) in [6.07, 6.45) is 2.62. The Balaban J connectivity index is 1.47. The monoisotopic (exact) mass is 445 g/mol. The molecule has 1 heterocycles. The number of ether oxygens (including phenoxy) is 2. The summed E-state index contributed by atoms with van der Waals surface area (Å²) in [6, 6.07) is 6.72. The Morgan fingerprint density at radius 1 is 0.969 bits per heavy atom. The lowest BCUT2D eigenvalue weighted by atomic mass is 9.91. The Bertz CT molecular complexity index is 1050. The zero-order chi connectivity index (χ0) is 23.1. The van der Waals surface area contributed by atoms with Crippen LogP contribution in [0.3, 0.4) is 0 Å². The first-order chi connectivity index (χ1) is 15.4. The van der Waals surface area contributed by atoms with Crippen molar-refractivity contribution in [1.82, 2.24) is 20.6 Å². The number of anilines is 1. The van der Waals surface area contributed by atoms with Crippen LogP contribution in [0.1, 0.15) is 46.5 Å². The number of carbonyl (C=O) groups excluding carboxylic acids is 2. The molecule has 3 rings (SSSR count). The Kier molecular flexibility index (Phi) is 7.66. The Labute approximate surface area is 183 Å². The predicted molar refractivity (Wildman–Crippen MR) is 117 cm³/mol. The van der Waals surface area contributed by atoms with Crippen LogP contribution in [0.2, 0.25) is 0 Å². The number of nitrogens with two attached hydrogens (primary N) is 1. The molecular weight excluding hydrogens is 418 g/mol. The van der Waals surface area contributed by atoms with Crippen LogP contribution in [-0.2, 0) is 4.74 Å². The molecule has 1 aliphatic rings. The van der Waals surface area contributed by atoms with E-state index in [0.29, 0.717) is 50.2 Å². The second-order valence-electron chi connectivity index (χ2n) is 7.56. The molecule has 0 radical (unpaired) electrons. The molecule has 2 amide bonds. The lowest BCUT2D eigenvalue weighted by Crippen LogP contribution is -2.44. The van der Waals surface area contributed by atoms with Gasteiger partial charge in [0, 0.05) is 24.8 Å². The molecule has 0 bridgehead atoms. The number of benzene rings is 1. The third-order valence-corrected chi connectivity index (χ3v) is 5.28. The van der Waals surface area contributed by atoms with Crippen LogP contribution >= 0.6 is 0 Å². The number of hydrogen-bond donors (Lipinski definition) is 5. The molecule has 1 aliphatic carbocycles. The number of rotatable bonds is 8. The zero-order valence-corrected chi connectivity index (χ0v) is 17.7. The maximum atomic E-state index is 12.5. The van der Waals surface area contributed by atoms with E-state index in [2.05, 4.69) is 15.6 Å². The summed E-state index contributed by atoms with van der Waals surface area (Å²) in [5, 5.41) is 5.80. The van der Waals surface area contributed by atoms with Crippen molar-refractivity contribution in [3.05, 3.63) is 56.4 Å². The molecule has 1 saturated carbocycles. The van der Waals surface area contributed by atoms with Crippen molar-refractivity contribution < 1.29 is 19.1 Å². The van der Waals surface area contributed by atoms with Gasteiger partial charge in [0.2, 0.25) is 0 Å². The number of nitrogens with one attached hydrogen (secondary N) is 4. The average molecular weight is 445 g/mol. The molecule has 2 aromatic rings. The molecular formula is C21H27N5O6. The number of nitrogen functional groups attached to an aromatic ring is 1. The smallest absolute Gasteiger partial charge is 0.326 e. The summed E-state index contributed by atoms with van der Waals surface area (Å²) in [6.45, 7) is 0.922. The highest BCUT2D eigenvalue weighted by Crippen LogP contribution is 2.20. The molecule has 172 valence electrons. The summed E-state index contributed by atoms with van der Waals surface area (Å²) < 4.78 is 10.4. The van der Waals surface area contributed by atoms with Crippen LogP contribution in [0.5, 0.6) is 5.75 Å². The van der Waals surface area contributed by atoms with Gasteiger partial charge in [-0.1, -0.05) is 0 Å². The van der Waals surface area contributed by atoms with Gasteiger partial charge in [-0.25, -0.2) is 4.79 Å². The normalized spacial score (nSPS) is 18.0. The van der Waals surface area contributed by atoms with E-state index in [1.165, 1.54) is 0 Å². The molecule has 32 heavy (non-hydrogen) atoms. The highest BCUT2D eigenvalue weighted by atomic mass is 16.5. The van der Waals surface area contributed by atoms with Gasteiger partial charge in [0.1, 0.15) is 23.7 Å². The van der Waals surface area contributed by atoms with E-state index < -0.39 is 17.2 Å². The Hall–Kier alpha value is -3.60. The molecule has 11 heteroatoms. The second kappa shape index (κ2) is 10.6. The first-order valence-electron chi connectivity index (χ1n) is 10.3. The second-order valence-corrected chi connectivity index (χ2v) is 7.56. The van der Waals surface area contributed by atoms with Gasteiger partial charge in [-0.15, -0.1) is 0 Å². The van der Waals surface area contributed by atoms with Gasteiger partial charge in [0.15, 0.2) is 0 Å². The van der Waals surface area contributed by atoms with Crippen LogP contribution in [0, 0.1) is 0 Å². The highest BCUT2D eigenvalue weighted by Gasteiger charge is 2.25. The van der Waals surface area contributed by atoms with Crippen LogP contribution < -0.4 is 32.4 Å². The molecule has 0 atom stereocenters. The largest absolute Gasteiger partial charge is 0.491 e. The molecule has 0 saturated heterocycles. The predicted octanol–water partition coefficient (Wildman–Crippen LogP) is 0.142. The van der Waals surface area contributed by atoms with Crippen LogP contribution in [0.15, 0.2) is 33.9 Å². The van der Waals surface area contributed by atoms with Gasteiger partial charge in [0.25, 0.3) is 17.4 Å². The third kappa shape index (κ3) is 5.97. The van der Waals surface area contributed by atoms with Gasteiger partial charge in [-0.3, -0.25) is 19.4 Å². The molecule has 11 nitrogen and oxygen atoms in total. The standard InChI is InChI=1S/C21H27N5O6/c1-31-10-11-32-15-8-2-12(3-9-15)18(27)23-13-4-6-14(7-5-13)24-20(29)17-16(22)19(28)26-21(30)25-17/h2-3,8-9,13-14H,4-7,10-11,22H2,1H3,(H,23,27)(H,24,29)(H2,25,26,28,30)/t13-,14+. The van der Waals surface area contributed by atoms with Crippen LogP contribution in [0.25, 0.3) is 0 Å². The van der Waals surface area contributed by atoms with E-state index in [1.54, 1.807) is 31.4 Å². The number of methoxy groups -OCH3 is 1. The molecule has 0 aliphatic heterocycles. The third-order valence-electron chi connectivity index (χ3n) is 5.28. The van der Waals surface area contributed by atoms with E-state index in [1.807, 2.05) is 4.98 Å². The van der Waals surface area contributed by atoms with E-state index in [9.17, 15) is 19.2 Å². The SMILES string of the molecule is COCCOc1ccc(C(=O)N[C@H]2CC[C@@H](NC(=O)c3[nH]c(=O)[nH]c(=O)c3N)CC2)cc1. The van der Waals surface area contributed by atoms with Crippen molar-refractivity contribution in [1.29, 1.82) is 0 Å². The zero-order valence-electron chi connectivity index (χ0n) is 17.7. The molecule has 6 N–H and O–H groups in total. The van der Waals surface area contributed by atoms with E-state index in [0.717, 1.165) is 0 Å². The van der Waals surface area contributed by atoms with Crippen molar-refractivity contribution in [2.45, 2.75) is 37.8 Å². The fourth-order valence-corrected chi connectivity index (χ4v) is 3.53. The maximum absolute atomic E-state index is 12.5. The lowest BCUT2D eigenvalue weighted by molar-refractivity contribution is 0.0889. The summed E-state index contributed by atoms with van der Waals surface area (Å²) >= 11 is 0. The first kappa shape index (κ1) is 23.1. The lowest BCUT2D eigenvalue weighted by Gasteiger charge is -2.29. The van der Waals surface area contributed by atoms with Gasteiger partial charge < -0.3 is 30.8 Å². The molecule has 1 aromatic carbocycles. The van der Waals surface area contributed by atoms with Crippen LogP contribution in [-0.4, -0.2) is 54.2 Å². The molecule has 1 fully saturated rings. The quantitative estimate of drug-likeness (QED) is 0.360. The summed E-state index contributed by atoms with van der Waals surface area (Å²) in [5.74, 6) is -0.113. The van der Waals surface area contributed by atoms with Crippen molar-refractivity contribution in [3.63, 3.8) is 0 Å². The van der Waals surface area contributed by atoms with E-state index >= 15 is 0 Å². The van der Waals surface area contributed by atoms with Crippen molar-refractivity contribution in [3.8, 4) is 5.75 Å². The number of aromatic amines is 2. The van der Waals surface area contributed by atoms with Gasteiger partial charge >= 0.3 is 5.69 Å². The first-order valence-corrected chi connectivity index (χ1v) is 10.3. The Morgan fingerprint density at radius 2 is 1.56 bits per heavy atom. The summed E-state index contributed by atoms with van der Waals surface area (Å²) in [7, 11) is 1.60. The minimum atomic E-state index is -0.806.